The van der Waals surface area contributed by atoms with Crippen LogP contribution in [-0.2, 0) is 14.3 Å². The normalized spacial score (nSPS) is 23.9. The van der Waals surface area contributed by atoms with Gasteiger partial charge in [-0.15, -0.1) is 0 Å². The highest BCUT2D eigenvalue weighted by Crippen LogP contribution is 2.31. The number of primary amides is 1. The van der Waals surface area contributed by atoms with E-state index in [1.807, 2.05) is 0 Å². The minimum atomic E-state index is -1.11. The molecule has 4 atom stereocenters. The Balaban J connectivity index is 1.83. The van der Waals surface area contributed by atoms with Gasteiger partial charge in [0.1, 0.15) is 18.7 Å². The first-order valence-corrected chi connectivity index (χ1v) is 7.87. The maximum Gasteiger partial charge on any atom is 0.243 e. The lowest BCUT2D eigenvalue weighted by Crippen LogP contribution is -2.39. The van der Waals surface area contributed by atoms with Gasteiger partial charge in [-0.25, -0.2) is 15.0 Å². The monoisotopic (exact) mass is 365 g/mol. The Bertz CT molecular complexity index is 825. The Morgan fingerprint density at radius 1 is 1.42 bits per heavy atom. The van der Waals surface area contributed by atoms with Crippen LogP contribution in [0, 0.1) is 0 Å². The summed E-state index contributed by atoms with van der Waals surface area (Å²) < 4.78 is 7.16. The third-order valence-corrected chi connectivity index (χ3v) is 4.05. The molecule has 3 heterocycles. The van der Waals surface area contributed by atoms with Crippen molar-refractivity contribution in [1.82, 2.24) is 19.5 Å². The molecule has 140 valence electrons. The second-order valence-corrected chi connectivity index (χ2v) is 5.93. The van der Waals surface area contributed by atoms with Crippen LogP contribution < -0.4 is 16.8 Å². The molecular formula is C14H19N7O5. The van der Waals surface area contributed by atoms with E-state index < -0.39 is 36.3 Å². The van der Waals surface area contributed by atoms with Crippen LogP contribution in [0.3, 0.4) is 0 Å². The van der Waals surface area contributed by atoms with Crippen LogP contribution in [0.1, 0.15) is 19.1 Å². The maximum atomic E-state index is 12.1. The van der Waals surface area contributed by atoms with Gasteiger partial charge in [-0.05, 0) is 0 Å². The molecule has 1 saturated heterocycles. The van der Waals surface area contributed by atoms with E-state index in [0.29, 0.717) is 5.65 Å². The number of aromatic nitrogens is 4. The Hall–Kier alpha value is -2.67. The molecule has 26 heavy (non-hydrogen) atoms. The second-order valence-electron chi connectivity index (χ2n) is 5.93. The Kier molecular flexibility index (Phi) is 5.08. The lowest BCUT2D eigenvalue weighted by molar-refractivity contribution is -0.123. The summed E-state index contributed by atoms with van der Waals surface area (Å²) in [6.45, 7) is -0.307. The Labute approximate surface area is 147 Å². The molecule has 7 N–H and O–H groups in total. The Morgan fingerprint density at radius 2 is 2.19 bits per heavy atom. The molecule has 0 aromatic carbocycles. The Morgan fingerprint density at radius 3 is 2.85 bits per heavy atom. The van der Waals surface area contributed by atoms with Crippen LogP contribution >= 0.6 is 0 Å². The number of fused-ring (bicyclic) bond motifs is 1. The minimum absolute atomic E-state index is 0.121. The van der Waals surface area contributed by atoms with Gasteiger partial charge in [0, 0.05) is 6.42 Å². The largest absolute Gasteiger partial charge is 0.394 e. The lowest BCUT2D eigenvalue weighted by atomic mass is 10.2. The van der Waals surface area contributed by atoms with Crippen molar-refractivity contribution in [3.05, 3.63) is 12.7 Å². The predicted octanol–water partition coefficient (Wildman–Crippen LogP) is -2.39. The van der Waals surface area contributed by atoms with E-state index in [4.69, 9.17) is 16.2 Å². The number of anilines is 1. The highest BCUT2D eigenvalue weighted by molar-refractivity contribution is 6.00. The quantitative estimate of drug-likeness (QED) is 0.371. The molecule has 0 aliphatic carbocycles. The average molecular weight is 365 g/mol. The number of aliphatic hydroxyl groups excluding tert-OH is 2. The first kappa shape index (κ1) is 18.1. The van der Waals surface area contributed by atoms with E-state index in [1.54, 1.807) is 4.57 Å². The van der Waals surface area contributed by atoms with Crippen molar-refractivity contribution < 1.29 is 24.5 Å². The van der Waals surface area contributed by atoms with Gasteiger partial charge in [0.2, 0.25) is 11.8 Å². The SMILES string of the molecule is NC(=O)C[C@H](N)C(=O)Nc1ncnc2c1ncn2[C@H]1C[C@H](O)[C@@H](CO)O1. The smallest absolute Gasteiger partial charge is 0.243 e. The summed E-state index contributed by atoms with van der Waals surface area (Å²) in [5, 5.41) is 21.6. The molecule has 0 bridgehead atoms. The zero-order valence-electron chi connectivity index (χ0n) is 13.6. The van der Waals surface area contributed by atoms with Crippen molar-refractivity contribution in [1.29, 1.82) is 0 Å². The van der Waals surface area contributed by atoms with Gasteiger partial charge in [0.05, 0.1) is 31.5 Å². The van der Waals surface area contributed by atoms with E-state index in [9.17, 15) is 19.8 Å². The number of imidazole rings is 1. The molecule has 0 unspecified atom stereocenters. The number of rotatable bonds is 6. The molecule has 1 fully saturated rings. The highest BCUT2D eigenvalue weighted by Gasteiger charge is 2.35. The van der Waals surface area contributed by atoms with Gasteiger partial charge in [-0.1, -0.05) is 0 Å². The summed E-state index contributed by atoms with van der Waals surface area (Å²) in [6, 6.07) is -1.11. The number of hydrogen-bond donors (Lipinski definition) is 5. The van der Waals surface area contributed by atoms with E-state index in [-0.39, 0.29) is 30.8 Å². The molecule has 12 nitrogen and oxygen atoms in total. The van der Waals surface area contributed by atoms with Crippen LogP contribution in [0.2, 0.25) is 0 Å². The number of aliphatic hydroxyl groups is 2. The lowest BCUT2D eigenvalue weighted by Gasteiger charge is -2.14. The number of carbonyl (C=O) groups is 2. The van der Waals surface area contributed by atoms with Crippen LogP contribution in [0.25, 0.3) is 11.2 Å². The summed E-state index contributed by atoms with van der Waals surface area (Å²) in [7, 11) is 0. The van der Waals surface area contributed by atoms with Gasteiger partial charge in [0.25, 0.3) is 0 Å². The fraction of sp³-hybridized carbons (Fsp3) is 0.500. The summed E-state index contributed by atoms with van der Waals surface area (Å²) in [5.41, 5.74) is 11.3. The van der Waals surface area contributed by atoms with Crippen molar-refractivity contribution >= 4 is 28.8 Å². The van der Waals surface area contributed by atoms with Crippen LogP contribution in [-0.4, -0.2) is 66.4 Å². The molecular weight excluding hydrogens is 346 g/mol. The summed E-state index contributed by atoms with van der Waals surface area (Å²) >= 11 is 0. The summed E-state index contributed by atoms with van der Waals surface area (Å²) in [6.07, 6.45) is 0.555. The first-order valence-electron chi connectivity index (χ1n) is 7.87. The molecule has 1 aliphatic heterocycles. The third kappa shape index (κ3) is 3.48. The molecule has 12 heteroatoms. The minimum Gasteiger partial charge on any atom is -0.394 e. The highest BCUT2D eigenvalue weighted by atomic mass is 16.5. The van der Waals surface area contributed by atoms with Gasteiger partial charge in [-0.3, -0.25) is 14.2 Å². The standard InChI is InChI=1S/C14H19N7O5/c15-6(1-9(16)24)14(25)20-12-11-13(18-4-17-12)21(5-19-11)10-2-7(23)8(3-22)26-10/h4-8,10,22-23H,1-3,15H2,(H2,16,24)(H,17,18,20,25)/t6-,7-,8+,10+/m0/s1. The third-order valence-electron chi connectivity index (χ3n) is 4.05. The molecule has 2 aromatic heterocycles. The van der Waals surface area contributed by atoms with Crippen LogP contribution in [0.15, 0.2) is 12.7 Å². The van der Waals surface area contributed by atoms with E-state index >= 15 is 0 Å². The number of nitrogens with one attached hydrogen (secondary N) is 1. The number of hydrogen-bond acceptors (Lipinski definition) is 9. The zero-order valence-corrected chi connectivity index (χ0v) is 13.6. The van der Waals surface area contributed by atoms with Crippen molar-refractivity contribution in [2.24, 2.45) is 11.5 Å². The van der Waals surface area contributed by atoms with Crippen molar-refractivity contribution in [2.45, 2.75) is 37.3 Å². The first-order chi connectivity index (χ1) is 12.4. The fourth-order valence-electron chi connectivity index (χ4n) is 2.72. The van der Waals surface area contributed by atoms with Crippen molar-refractivity contribution in [3.8, 4) is 0 Å². The van der Waals surface area contributed by atoms with Gasteiger partial charge >= 0.3 is 0 Å². The van der Waals surface area contributed by atoms with Gasteiger partial charge in [0.15, 0.2) is 17.0 Å². The molecule has 1 aliphatic rings. The molecule has 3 rings (SSSR count). The summed E-state index contributed by atoms with van der Waals surface area (Å²) in [4.78, 5) is 35.2. The average Bonchev–Trinajstić information content (AvgIpc) is 3.17. The van der Waals surface area contributed by atoms with Crippen LogP contribution in [0.5, 0.6) is 0 Å². The zero-order chi connectivity index (χ0) is 18.8. The predicted molar refractivity (Wildman–Crippen MR) is 87.4 cm³/mol. The molecule has 0 spiro atoms. The second kappa shape index (κ2) is 7.29. The van der Waals surface area contributed by atoms with Crippen molar-refractivity contribution in [3.63, 3.8) is 0 Å². The molecule has 0 radical (unpaired) electrons. The summed E-state index contributed by atoms with van der Waals surface area (Å²) in [5.74, 6) is -1.21. The van der Waals surface area contributed by atoms with E-state index in [0.717, 1.165) is 0 Å². The van der Waals surface area contributed by atoms with E-state index in [2.05, 4.69) is 20.3 Å². The topological polar surface area (TPSA) is 191 Å². The number of carbonyl (C=O) groups excluding carboxylic acids is 2. The molecule has 0 saturated carbocycles. The fourth-order valence-corrected chi connectivity index (χ4v) is 2.72. The number of amides is 2. The van der Waals surface area contributed by atoms with Gasteiger partial charge in [-0.2, -0.15) is 0 Å². The number of nitrogens with two attached hydrogens (primary N) is 2. The molecule has 2 aromatic rings. The number of ether oxygens (including phenoxy) is 1. The number of nitrogens with zero attached hydrogens (tertiary/aromatic N) is 4. The van der Waals surface area contributed by atoms with Gasteiger partial charge < -0.3 is 31.7 Å². The van der Waals surface area contributed by atoms with Crippen molar-refractivity contribution in [2.75, 3.05) is 11.9 Å². The van der Waals surface area contributed by atoms with Crippen LogP contribution in [0.4, 0.5) is 5.82 Å². The maximum absolute atomic E-state index is 12.1. The molecule has 2 amide bonds. The van der Waals surface area contributed by atoms with E-state index in [1.165, 1.54) is 12.7 Å².